The fourth-order valence-corrected chi connectivity index (χ4v) is 3.99. The van der Waals surface area contributed by atoms with Gasteiger partial charge in [0.2, 0.25) is 5.88 Å². The Morgan fingerprint density at radius 2 is 2.08 bits per heavy atom. The van der Waals surface area contributed by atoms with Gasteiger partial charge in [0, 0.05) is 30.8 Å². The van der Waals surface area contributed by atoms with E-state index in [1.54, 1.807) is 0 Å². The van der Waals surface area contributed by atoms with Crippen molar-refractivity contribution in [1.82, 2.24) is 14.5 Å². The topological polar surface area (TPSA) is 52.0 Å². The van der Waals surface area contributed by atoms with Gasteiger partial charge in [-0.3, -0.25) is 0 Å². The minimum Gasteiger partial charge on any atom is -0.477 e. The third kappa shape index (κ3) is 2.89. The van der Waals surface area contributed by atoms with Crippen LogP contribution in [0.25, 0.3) is 22.3 Å². The first-order valence-electron chi connectivity index (χ1n) is 7.65. The zero-order valence-corrected chi connectivity index (χ0v) is 16.2. The molecule has 1 aliphatic rings. The molecular weight excluding hydrogens is 434 g/mol. The summed E-state index contributed by atoms with van der Waals surface area (Å²) < 4.78 is 7.83. The Kier molecular flexibility index (Phi) is 4.41. The van der Waals surface area contributed by atoms with Crippen molar-refractivity contribution in [3.05, 3.63) is 48.3 Å². The van der Waals surface area contributed by atoms with Crippen LogP contribution in [0.4, 0.5) is 5.82 Å². The van der Waals surface area contributed by atoms with Crippen LogP contribution in [-0.2, 0) is 6.42 Å². The van der Waals surface area contributed by atoms with Gasteiger partial charge in [0.15, 0.2) is 0 Å². The molecule has 3 heterocycles. The molecule has 0 saturated heterocycles. The highest BCUT2D eigenvalue weighted by atomic mass is 127. The Bertz CT molecular complexity index is 896. The molecule has 1 aromatic carbocycles. The lowest BCUT2D eigenvalue weighted by atomic mass is 9.95. The molecule has 1 N–H and O–H groups in total. The first kappa shape index (κ1) is 15.8. The molecule has 4 rings (SSSR count). The first-order chi connectivity index (χ1) is 11.8. The summed E-state index contributed by atoms with van der Waals surface area (Å²) in [5, 5.41) is 7.44. The van der Waals surface area contributed by atoms with Crippen molar-refractivity contribution in [3.63, 3.8) is 0 Å². The number of fused-ring (bicyclic) bond motifs is 3. The SMILES string of the molecule is CNc1ccc2c(n1)OCCc1cc(-c3cnn(PI)c3)ccc1-2. The second-order valence-electron chi connectivity index (χ2n) is 5.53. The number of benzene rings is 1. The number of rotatable bonds is 3. The van der Waals surface area contributed by atoms with E-state index in [4.69, 9.17) is 4.74 Å². The van der Waals surface area contributed by atoms with Gasteiger partial charge in [-0.15, -0.1) is 0 Å². The minimum atomic E-state index is 0.617. The Balaban J connectivity index is 1.78. The number of halogens is 1. The van der Waals surface area contributed by atoms with E-state index >= 15 is 0 Å². The number of pyridine rings is 1. The van der Waals surface area contributed by atoms with Gasteiger partial charge < -0.3 is 10.1 Å². The van der Waals surface area contributed by atoms with Gasteiger partial charge >= 0.3 is 0 Å². The Hall–Kier alpha value is -1.66. The van der Waals surface area contributed by atoms with E-state index in [2.05, 4.69) is 67.9 Å². The predicted octanol–water partition coefficient (Wildman–Crippen LogP) is 4.38. The normalized spacial score (nSPS) is 13.2. The van der Waals surface area contributed by atoms with Crippen LogP contribution in [0, 0.1) is 0 Å². The van der Waals surface area contributed by atoms with Crippen molar-refractivity contribution in [1.29, 1.82) is 0 Å². The molecule has 7 heteroatoms. The largest absolute Gasteiger partial charge is 0.477 e. The van der Waals surface area contributed by atoms with Crippen molar-refractivity contribution >= 4 is 34.2 Å². The standard InChI is InChI=1S/C17H16IN4OP/c1-19-16-5-4-15-14-3-2-11(13-9-20-22(10-13)24-18)8-12(14)6-7-23-17(15)21-16/h2-5,8-10,24H,6-7H2,1H3,(H,19,21). The molecule has 5 nitrogen and oxygen atoms in total. The van der Waals surface area contributed by atoms with E-state index in [-0.39, 0.29) is 0 Å². The van der Waals surface area contributed by atoms with Crippen molar-refractivity contribution in [3.8, 4) is 28.1 Å². The van der Waals surface area contributed by atoms with Crippen LogP contribution in [-0.4, -0.2) is 28.2 Å². The molecule has 24 heavy (non-hydrogen) atoms. The molecular formula is C17H16IN4OP. The fourth-order valence-electron chi connectivity index (χ4n) is 2.91. The van der Waals surface area contributed by atoms with Gasteiger partial charge in [-0.05, 0) is 50.9 Å². The summed E-state index contributed by atoms with van der Waals surface area (Å²) in [6, 6.07) is 10.6. The number of aromatic nitrogens is 3. The average Bonchev–Trinajstić information content (AvgIpc) is 3.03. The van der Waals surface area contributed by atoms with Gasteiger partial charge in [-0.1, -0.05) is 18.2 Å². The first-order valence-corrected chi connectivity index (χ1v) is 11.7. The lowest BCUT2D eigenvalue weighted by molar-refractivity contribution is 0.314. The summed E-state index contributed by atoms with van der Waals surface area (Å²) in [7, 11) is 1.86. The Morgan fingerprint density at radius 3 is 2.88 bits per heavy atom. The maximum absolute atomic E-state index is 5.87. The fraction of sp³-hybridized carbons (Fsp3) is 0.176. The number of ether oxygens (including phenoxy) is 1. The molecule has 0 aliphatic carbocycles. The third-order valence-corrected chi connectivity index (χ3v) is 6.03. The summed E-state index contributed by atoms with van der Waals surface area (Å²) in [5.74, 6) is 1.52. The molecule has 0 spiro atoms. The highest BCUT2D eigenvalue weighted by Gasteiger charge is 2.18. The van der Waals surface area contributed by atoms with Gasteiger partial charge in [-0.25, -0.2) is 4.45 Å². The molecule has 1 unspecified atom stereocenters. The van der Waals surface area contributed by atoms with Gasteiger partial charge in [0.05, 0.1) is 19.2 Å². The Labute approximate surface area is 155 Å². The maximum atomic E-state index is 5.87. The maximum Gasteiger partial charge on any atom is 0.223 e. The quantitative estimate of drug-likeness (QED) is 0.476. The zero-order valence-electron chi connectivity index (χ0n) is 13.1. The Morgan fingerprint density at radius 1 is 1.21 bits per heavy atom. The molecule has 0 bridgehead atoms. The number of anilines is 1. The molecule has 0 saturated carbocycles. The van der Waals surface area contributed by atoms with Gasteiger partial charge in [-0.2, -0.15) is 10.1 Å². The van der Waals surface area contributed by atoms with Crippen molar-refractivity contribution in [2.45, 2.75) is 6.42 Å². The summed E-state index contributed by atoms with van der Waals surface area (Å²) in [6.45, 7) is 0.637. The van der Waals surface area contributed by atoms with Crippen LogP contribution in [0.3, 0.4) is 0 Å². The van der Waals surface area contributed by atoms with E-state index in [9.17, 15) is 0 Å². The molecule has 0 radical (unpaired) electrons. The minimum absolute atomic E-state index is 0.617. The number of hydrogen-bond donors (Lipinski definition) is 1. The second-order valence-corrected chi connectivity index (χ2v) is 7.60. The van der Waals surface area contributed by atoms with E-state index < -0.39 is 0 Å². The average molecular weight is 450 g/mol. The number of nitrogens with zero attached hydrogens (tertiary/aromatic N) is 3. The van der Waals surface area contributed by atoms with Crippen LogP contribution in [0.1, 0.15) is 5.56 Å². The zero-order chi connectivity index (χ0) is 16.5. The summed E-state index contributed by atoms with van der Waals surface area (Å²) in [4.78, 5) is 4.54. The summed E-state index contributed by atoms with van der Waals surface area (Å²) in [5.41, 5.74) is 5.88. The van der Waals surface area contributed by atoms with Crippen LogP contribution in [0.2, 0.25) is 0 Å². The second kappa shape index (κ2) is 6.69. The van der Waals surface area contributed by atoms with E-state index in [0.29, 0.717) is 18.9 Å². The van der Waals surface area contributed by atoms with Crippen LogP contribution < -0.4 is 10.1 Å². The van der Waals surface area contributed by atoms with Crippen LogP contribution in [0.15, 0.2) is 42.7 Å². The van der Waals surface area contributed by atoms with Crippen LogP contribution >= 0.6 is 28.4 Å². The number of nitrogens with one attached hydrogen (secondary N) is 1. The molecule has 2 aromatic heterocycles. The van der Waals surface area contributed by atoms with Gasteiger partial charge in [0.1, 0.15) is 5.82 Å². The molecule has 0 amide bonds. The lowest BCUT2D eigenvalue weighted by Gasteiger charge is -2.10. The highest BCUT2D eigenvalue weighted by Crippen LogP contribution is 2.37. The van der Waals surface area contributed by atoms with E-state index in [1.807, 2.05) is 23.8 Å². The lowest BCUT2D eigenvalue weighted by Crippen LogP contribution is -2.01. The molecule has 122 valence electrons. The van der Waals surface area contributed by atoms with E-state index in [0.717, 1.165) is 23.4 Å². The van der Waals surface area contributed by atoms with Crippen LogP contribution in [0.5, 0.6) is 5.88 Å². The molecule has 1 atom stereocenters. The third-order valence-electron chi connectivity index (χ3n) is 4.12. The molecule has 1 aliphatic heterocycles. The van der Waals surface area contributed by atoms with Crippen molar-refractivity contribution < 1.29 is 4.74 Å². The van der Waals surface area contributed by atoms with Gasteiger partial charge in [0.25, 0.3) is 0 Å². The predicted molar refractivity (Wildman–Crippen MR) is 107 cm³/mol. The monoisotopic (exact) mass is 450 g/mol. The van der Waals surface area contributed by atoms with Crippen molar-refractivity contribution in [2.75, 3.05) is 19.0 Å². The number of hydrogen-bond acceptors (Lipinski definition) is 4. The molecule has 3 aromatic rings. The summed E-state index contributed by atoms with van der Waals surface area (Å²) in [6.07, 6.45) is 5.51. The van der Waals surface area contributed by atoms with E-state index in [1.165, 1.54) is 16.7 Å². The van der Waals surface area contributed by atoms with Crippen molar-refractivity contribution in [2.24, 2.45) is 0 Å². The summed E-state index contributed by atoms with van der Waals surface area (Å²) >= 11 is 2.33. The molecule has 0 fully saturated rings. The highest BCUT2D eigenvalue weighted by molar-refractivity contribution is 14.2. The smallest absolute Gasteiger partial charge is 0.223 e.